The second-order valence-corrected chi connectivity index (χ2v) is 10.7. The fraction of sp³-hybridized carbons (Fsp3) is 0.346. The van der Waals surface area contributed by atoms with E-state index in [4.69, 9.17) is 4.98 Å². The second-order valence-electron chi connectivity index (χ2n) is 9.83. The van der Waals surface area contributed by atoms with Gasteiger partial charge in [-0.25, -0.2) is 19.3 Å². The van der Waals surface area contributed by atoms with Gasteiger partial charge in [0.2, 0.25) is 5.95 Å². The fourth-order valence-electron chi connectivity index (χ4n) is 5.34. The lowest BCUT2D eigenvalue weighted by molar-refractivity contribution is 0.522. The molecule has 0 atom stereocenters. The van der Waals surface area contributed by atoms with Crippen molar-refractivity contribution in [2.24, 2.45) is 0 Å². The van der Waals surface area contributed by atoms with E-state index >= 15 is 4.39 Å². The van der Waals surface area contributed by atoms with Gasteiger partial charge in [0.1, 0.15) is 5.82 Å². The number of rotatable bonds is 6. The average Bonchev–Trinajstić information content (AvgIpc) is 3.72. The highest BCUT2D eigenvalue weighted by atomic mass is 32.1. The largest absolute Gasteiger partial charge is 0.380 e. The Morgan fingerprint density at radius 2 is 1.82 bits per heavy atom. The third kappa shape index (κ3) is 4.85. The first-order chi connectivity index (χ1) is 19.2. The summed E-state index contributed by atoms with van der Waals surface area (Å²) < 4.78 is 15.1. The van der Waals surface area contributed by atoms with Gasteiger partial charge in [0.15, 0.2) is 22.1 Å². The summed E-state index contributed by atoms with van der Waals surface area (Å²) in [4.78, 5) is 33.5. The third-order valence-corrected chi connectivity index (χ3v) is 8.22. The molecule has 1 fully saturated rings. The van der Waals surface area contributed by atoms with Gasteiger partial charge in [-0.3, -0.25) is 0 Å². The minimum Gasteiger partial charge on any atom is -0.380 e. The van der Waals surface area contributed by atoms with Crippen molar-refractivity contribution < 1.29 is 4.39 Å². The smallest absolute Gasteiger partial charge is 0.231 e. The SMILES string of the molecule is Fc1cc(Nc2nc(N3CCc4nc[nH]c4CC3)c3nc[nH]c3n2)ccc1NC1CCN(c2nccs2)CC1. The van der Waals surface area contributed by atoms with Crippen LogP contribution in [0.3, 0.4) is 0 Å². The van der Waals surface area contributed by atoms with Crippen molar-refractivity contribution >= 4 is 50.8 Å². The molecule has 0 bridgehead atoms. The molecule has 39 heavy (non-hydrogen) atoms. The number of aromatic amines is 2. The second kappa shape index (κ2) is 10.1. The molecule has 0 spiro atoms. The Hall–Kier alpha value is -4.26. The van der Waals surface area contributed by atoms with Gasteiger partial charge >= 0.3 is 0 Å². The summed E-state index contributed by atoms with van der Waals surface area (Å²) in [5.74, 6) is 0.820. The third-order valence-electron chi connectivity index (χ3n) is 7.39. The number of halogens is 1. The summed E-state index contributed by atoms with van der Waals surface area (Å²) in [6, 6.07) is 5.32. The molecular formula is C26H28FN11S. The molecule has 11 nitrogen and oxygen atoms in total. The predicted molar refractivity (Wildman–Crippen MR) is 151 cm³/mol. The molecule has 1 aromatic carbocycles. The van der Waals surface area contributed by atoms with Crippen LogP contribution in [0.15, 0.2) is 42.4 Å². The van der Waals surface area contributed by atoms with Crippen molar-refractivity contribution in [2.45, 2.75) is 31.7 Å². The number of benzene rings is 1. The molecule has 4 N–H and O–H groups in total. The van der Waals surface area contributed by atoms with Crippen LogP contribution in [0.2, 0.25) is 0 Å². The van der Waals surface area contributed by atoms with Gasteiger partial charge in [0.25, 0.3) is 0 Å². The van der Waals surface area contributed by atoms with Crippen molar-refractivity contribution in [3.63, 3.8) is 0 Å². The predicted octanol–water partition coefficient (Wildman–Crippen LogP) is 4.10. The number of hydrogen-bond acceptors (Lipinski definition) is 10. The van der Waals surface area contributed by atoms with E-state index in [-0.39, 0.29) is 11.9 Å². The number of imidazole rings is 2. The van der Waals surface area contributed by atoms with Crippen molar-refractivity contribution in [1.82, 2.24) is 34.9 Å². The van der Waals surface area contributed by atoms with E-state index in [1.807, 2.05) is 17.6 Å². The van der Waals surface area contributed by atoms with Gasteiger partial charge in [-0.15, -0.1) is 11.3 Å². The summed E-state index contributed by atoms with van der Waals surface area (Å²) in [5.41, 5.74) is 4.68. The topological polar surface area (TPSA) is 127 Å². The maximum atomic E-state index is 15.1. The normalized spacial score (nSPS) is 16.3. The fourth-order valence-corrected chi connectivity index (χ4v) is 6.03. The van der Waals surface area contributed by atoms with Crippen LogP contribution in [0.1, 0.15) is 24.2 Å². The molecule has 1 saturated heterocycles. The molecule has 6 heterocycles. The van der Waals surface area contributed by atoms with Gasteiger partial charge in [-0.1, -0.05) is 0 Å². The lowest BCUT2D eigenvalue weighted by atomic mass is 10.0. The van der Waals surface area contributed by atoms with E-state index in [0.717, 1.165) is 74.2 Å². The molecule has 0 aliphatic carbocycles. The van der Waals surface area contributed by atoms with E-state index < -0.39 is 0 Å². The minimum absolute atomic E-state index is 0.216. The number of piperidine rings is 1. The first-order valence-corrected chi connectivity index (χ1v) is 14.0. The van der Waals surface area contributed by atoms with Gasteiger partial charge in [-0.2, -0.15) is 9.97 Å². The Balaban J connectivity index is 1.05. The molecule has 0 amide bonds. The van der Waals surface area contributed by atoms with Crippen LogP contribution < -0.4 is 20.4 Å². The summed E-state index contributed by atoms with van der Waals surface area (Å²) in [6.45, 7) is 3.36. The van der Waals surface area contributed by atoms with E-state index in [2.05, 4.69) is 50.3 Å². The van der Waals surface area contributed by atoms with Gasteiger partial charge in [-0.05, 0) is 31.0 Å². The lowest BCUT2D eigenvalue weighted by Gasteiger charge is -2.32. The highest BCUT2D eigenvalue weighted by Gasteiger charge is 2.23. The van der Waals surface area contributed by atoms with Crippen molar-refractivity contribution in [3.05, 3.63) is 59.6 Å². The van der Waals surface area contributed by atoms with Gasteiger partial charge in [0.05, 0.1) is 24.0 Å². The van der Waals surface area contributed by atoms with Crippen LogP contribution in [0.25, 0.3) is 11.2 Å². The summed E-state index contributed by atoms with van der Waals surface area (Å²) in [7, 11) is 0. The van der Waals surface area contributed by atoms with Crippen LogP contribution >= 0.6 is 11.3 Å². The number of anilines is 5. The zero-order valence-electron chi connectivity index (χ0n) is 21.2. The van der Waals surface area contributed by atoms with Crippen LogP contribution in [0, 0.1) is 5.82 Å². The molecule has 7 rings (SSSR count). The number of aromatic nitrogens is 7. The highest BCUT2D eigenvalue weighted by molar-refractivity contribution is 7.13. The Kier molecular flexibility index (Phi) is 6.19. The molecule has 13 heteroatoms. The average molecular weight is 546 g/mol. The molecule has 0 unspecified atom stereocenters. The Bertz CT molecular complexity index is 1550. The minimum atomic E-state index is -0.314. The number of fused-ring (bicyclic) bond motifs is 2. The lowest BCUT2D eigenvalue weighted by Crippen LogP contribution is -2.39. The summed E-state index contributed by atoms with van der Waals surface area (Å²) >= 11 is 1.65. The molecule has 4 aromatic heterocycles. The highest BCUT2D eigenvalue weighted by Crippen LogP contribution is 2.29. The van der Waals surface area contributed by atoms with Crippen LogP contribution in [-0.2, 0) is 12.8 Å². The van der Waals surface area contributed by atoms with Crippen molar-refractivity contribution in [3.8, 4) is 0 Å². The number of thiazole rings is 1. The van der Waals surface area contributed by atoms with Crippen LogP contribution in [-0.4, -0.2) is 67.1 Å². The van der Waals surface area contributed by atoms with E-state index in [9.17, 15) is 0 Å². The molecular weight excluding hydrogens is 517 g/mol. The summed E-state index contributed by atoms with van der Waals surface area (Å²) in [6.07, 6.45) is 8.73. The van der Waals surface area contributed by atoms with Crippen LogP contribution in [0.4, 0.5) is 32.7 Å². The Labute approximate surface area is 227 Å². The summed E-state index contributed by atoms with van der Waals surface area (Å²) in [5, 5.41) is 9.62. The number of H-pyrrole nitrogens is 2. The first-order valence-electron chi connectivity index (χ1n) is 13.1. The molecule has 0 radical (unpaired) electrons. The van der Waals surface area contributed by atoms with E-state index in [1.165, 1.54) is 6.07 Å². The number of nitrogens with one attached hydrogen (secondary N) is 4. The molecule has 200 valence electrons. The zero-order chi connectivity index (χ0) is 26.2. The first kappa shape index (κ1) is 23.8. The van der Waals surface area contributed by atoms with Crippen molar-refractivity contribution in [1.29, 1.82) is 0 Å². The van der Waals surface area contributed by atoms with Crippen LogP contribution in [0.5, 0.6) is 0 Å². The number of nitrogens with zero attached hydrogens (tertiary/aromatic N) is 7. The monoisotopic (exact) mass is 545 g/mol. The molecule has 2 aliphatic rings. The van der Waals surface area contributed by atoms with Gasteiger partial charge in [0, 0.05) is 68.0 Å². The molecule has 0 saturated carbocycles. The Morgan fingerprint density at radius 3 is 2.67 bits per heavy atom. The zero-order valence-corrected chi connectivity index (χ0v) is 22.0. The Morgan fingerprint density at radius 1 is 0.949 bits per heavy atom. The quantitative estimate of drug-likeness (QED) is 0.249. The van der Waals surface area contributed by atoms with E-state index in [1.54, 1.807) is 30.1 Å². The molecule has 2 aliphatic heterocycles. The maximum Gasteiger partial charge on any atom is 0.231 e. The van der Waals surface area contributed by atoms with E-state index in [0.29, 0.717) is 28.5 Å². The standard InChI is InChI=1S/C26H28FN11S/c27-18-13-17(1-2-19(18)33-16-3-8-38(9-4-16)26-28-7-12-39-26)34-25-35-23-22(31-15-32-23)24(36-25)37-10-5-20-21(6-11-37)30-14-29-20/h1-2,7,12-16,33H,3-6,8-11H2,(H,29,30)(H2,31,32,34,35,36). The van der Waals surface area contributed by atoms with Gasteiger partial charge < -0.3 is 30.4 Å². The molecule has 5 aromatic rings. The maximum absolute atomic E-state index is 15.1. The number of hydrogen-bond donors (Lipinski definition) is 4. The van der Waals surface area contributed by atoms with Crippen molar-refractivity contribution in [2.75, 3.05) is 46.6 Å².